The van der Waals surface area contributed by atoms with Crippen LogP contribution in [0, 0.1) is 0 Å². The first-order chi connectivity index (χ1) is 15.2. The number of hydrogen-bond acceptors (Lipinski definition) is 3. The first kappa shape index (κ1) is 20.5. The van der Waals surface area contributed by atoms with Crippen molar-refractivity contribution in [2.24, 2.45) is 0 Å². The maximum Gasteiger partial charge on any atom is 0.255 e. The molecule has 0 heterocycles. The highest BCUT2D eigenvalue weighted by Gasteiger charge is 2.11. The van der Waals surface area contributed by atoms with Gasteiger partial charge in [-0.2, -0.15) is 0 Å². The summed E-state index contributed by atoms with van der Waals surface area (Å²) in [4.78, 5) is 12.9. The van der Waals surface area contributed by atoms with Crippen molar-refractivity contribution in [3.8, 4) is 17.2 Å². The summed E-state index contributed by atoms with van der Waals surface area (Å²) >= 11 is 6.18. The lowest BCUT2D eigenvalue weighted by Gasteiger charge is -2.13. The zero-order valence-corrected chi connectivity index (χ0v) is 17.4. The van der Waals surface area contributed by atoms with Crippen LogP contribution < -0.4 is 14.8 Å². The van der Waals surface area contributed by atoms with Gasteiger partial charge in [-0.05, 0) is 48.5 Å². The molecule has 0 aliphatic carbocycles. The summed E-state index contributed by atoms with van der Waals surface area (Å²) < 4.78 is 11.7. The normalized spacial score (nSPS) is 10.4. The number of rotatable bonds is 7. The number of benzene rings is 4. The summed E-state index contributed by atoms with van der Waals surface area (Å²) in [5, 5.41) is 3.56. The van der Waals surface area contributed by atoms with Crippen LogP contribution in [0.5, 0.6) is 17.2 Å². The highest BCUT2D eigenvalue weighted by atomic mass is 35.5. The van der Waals surface area contributed by atoms with Crippen molar-refractivity contribution < 1.29 is 14.3 Å². The summed E-state index contributed by atoms with van der Waals surface area (Å²) in [5.74, 6) is 1.58. The van der Waals surface area contributed by atoms with Crippen LogP contribution in [0.3, 0.4) is 0 Å². The third kappa shape index (κ3) is 5.44. The van der Waals surface area contributed by atoms with Crippen molar-refractivity contribution in [1.82, 2.24) is 0 Å². The maximum absolute atomic E-state index is 12.9. The number of anilines is 1. The number of carbonyl (C=O) groups is 1. The van der Waals surface area contributed by atoms with Gasteiger partial charge in [-0.25, -0.2) is 0 Å². The molecular weight excluding hydrogens is 410 g/mol. The molecule has 0 aliphatic rings. The largest absolute Gasteiger partial charge is 0.489 e. The molecule has 31 heavy (non-hydrogen) atoms. The van der Waals surface area contributed by atoms with E-state index < -0.39 is 0 Å². The predicted octanol–water partition coefficient (Wildman–Crippen LogP) is 6.96. The van der Waals surface area contributed by atoms with Gasteiger partial charge in [0.25, 0.3) is 5.91 Å². The van der Waals surface area contributed by atoms with Crippen LogP contribution in [-0.2, 0) is 6.61 Å². The molecule has 1 amide bonds. The minimum atomic E-state index is -0.257. The zero-order valence-electron chi connectivity index (χ0n) is 16.6. The van der Waals surface area contributed by atoms with Crippen LogP contribution in [-0.4, -0.2) is 5.91 Å². The Bertz CT molecular complexity index is 1180. The van der Waals surface area contributed by atoms with Gasteiger partial charge >= 0.3 is 0 Å². The molecule has 4 rings (SSSR count). The number of ether oxygens (including phenoxy) is 2. The molecule has 4 nitrogen and oxygen atoms in total. The maximum atomic E-state index is 12.9. The van der Waals surface area contributed by atoms with E-state index in [0.29, 0.717) is 40.1 Å². The van der Waals surface area contributed by atoms with Gasteiger partial charge in [-0.15, -0.1) is 0 Å². The highest BCUT2D eigenvalue weighted by molar-refractivity contribution is 6.31. The Labute approximate surface area is 186 Å². The minimum Gasteiger partial charge on any atom is -0.489 e. The number of halogens is 1. The molecule has 0 atom stereocenters. The highest BCUT2D eigenvalue weighted by Crippen LogP contribution is 2.29. The van der Waals surface area contributed by atoms with Crippen molar-refractivity contribution in [2.45, 2.75) is 6.61 Å². The Morgan fingerprint density at radius 2 is 1.48 bits per heavy atom. The van der Waals surface area contributed by atoms with Crippen molar-refractivity contribution in [2.75, 3.05) is 5.32 Å². The Morgan fingerprint density at radius 1 is 0.774 bits per heavy atom. The fourth-order valence-corrected chi connectivity index (χ4v) is 3.16. The number of para-hydroxylation sites is 3. The second-order valence-corrected chi connectivity index (χ2v) is 7.18. The van der Waals surface area contributed by atoms with Gasteiger partial charge in [-0.1, -0.05) is 66.2 Å². The molecule has 1 N–H and O–H groups in total. The molecule has 4 aromatic carbocycles. The molecule has 0 unspecified atom stereocenters. The predicted molar refractivity (Wildman–Crippen MR) is 123 cm³/mol. The molecule has 0 radical (unpaired) electrons. The second-order valence-electron chi connectivity index (χ2n) is 6.77. The van der Waals surface area contributed by atoms with E-state index in [4.69, 9.17) is 21.1 Å². The van der Waals surface area contributed by atoms with Gasteiger partial charge in [0.15, 0.2) is 5.75 Å². The van der Waals surface area contributed by atoms with E-state index in [1.807, 2.05) is 72.8 Å². The lowest BCUT2D eigenvalue weighted by molar-refractivity contribution is 0.102. The monoisotopic (exact) mass is 429 g/mol. The van der Waals surface area contributed by atoms with E-state index >= 15 is 0 Å². The fourth-order valence-electron chi connectivity index (χ4n) is 2.97. The Hall–Kier alpha value is -3.76. The molecule has 0 saturated heterocycles. The van der Waals surface area contributed by atoms with Crippen molar-refractivity contribution >= 4 is 23.2 Å². The summed E-state index contributed by atoms with van der Waals surface area (Å²) in [6, 6.07) is 31.3. The molecule has 0 aromatic heterocycles. The standard InChI is InChI=1S/C26H20ClNO3/c27-23-14-5-4-9-20(23)18-30-22-13-8-10-19(17-22)26(29)28-24-15-6-7-16-25(24)31-21-11-2-1-3-12-21/h1-17H,18H2,(H,28,29). The van der Waals surface area contributed by atoms with Gasteiger partial charge in [-0.3, -0.25) is 4.79 Å². The third-order valence-corrected chi connectivity index (χ3v) is 4.92. The molecular formula is C26H20ClNO3. The average Bonchev–Trinajstić information content (AvgIpc) is 2.81. The van der Waals surface area contributed by atoms with Crippen molar-refractivity contribution in [1.29, 1.82) is 0 Å². The van der Waals surface area contributed by atoms with E-state index in [9.17, 15) is 4.79 Å². The molecule has 4 aromatic rings. The van der Waals surface area contributed by atoms with Crippen molar-refractivity contribution in [3.63, 3.8) is 0 Å². The molecule has 154 valence electrons. The minimum absolute atomic E-state index is 0.257. The van der Waals surface area contributed by atoms with E-state index in [1.54, 1.807) is 30.3 Å². The first-order valence-corrected chi connectivity index (χ1v) is 10.2. The van der Waals surface area contributed by atoms with E-state index in [-0.39, 0.29) is 5.91 Å². The van der Waals surface area contributed by atoms with Crippen LogP contribution >= 0.6 is 11.6 Å². The molecule has 0 saturated carbocycles. The Balaban J connectivity index is 1.46. The molecule has 0 aliphatic heterocycles. The van der Waals surface area contributed by atoms with Crippen LogP contribution in [0.25, 0.3) is 0 Å². The number of carbonyl (C=O) groups excluding carboxylic acids is 1. The van der Waals surface area contributed by atoms with Gasteiger partial charge in [0.1, 0.15) is 18.1 Å². The van der Waals surface area contributed by atoms with Crippen LogP contribution in [0.2, 0.25) is 5.02 Å². The van der Waals surface area contributed by atoms with E-state index in [0.717, 1.165) is 5.56 Å². The fraction of sp³-hybridized carbons (Fsp3) is 0.0385. The lowest BCUT2D eigenvalue weighted by Crippen LogP contribution is -2.12. The molecule has 0 spiro atoms. The van der Waals surface area contributed by atoms with Gasteiger partial charge in [0.2, 0.25) is 0 Å². The van der Waals surface area contributed by atoms with Gasteiger partial charge in [0, 0.05) is 16.1 Å². The topological polar surface area (TPSA) is 47.6 Å². The van der Waals surface area contributed by atoms with Gasteiger partial charge in [0.05, 0.1) is 5.69 Å². The zero-order chi connectivity index (χ0) is 21.5. The number of amides is 1. The number of hydrogen-bond donors (Lipinski definition) is 1. The second kappa shape index (κ2) is 9.83. The summed E-state index contributed by atoms with van der Waals surface area (Å²) in [5.41, 5.74) is 1.94. The van der Waals surface area contributed by atoms with Crippen LogP contribution in [0.15, 0.2) is 103 Å². The SMILES string of the molecule is O=C(Nc1ccccc1Oc1ccccc1)c1cccc(OCc2ccccc2Cl)c1. The average molecular weight is 430 g/mol. The smallest absolute Gasteiger partial charge is 0.255 e. The summed E-state index contributed by atoms with van der Waals surface area (Å²) in [7, 11) is 0. The Kier molecular flexibility index (Phi) is 6.50. The third-order valence-electron chi connectivity index (χ3n) is 4.55. The quantitative estimate of drug-likeness (QED) is 0.345. The first-order valence-electron chi connectivity index (χ1n) is 9.78. The van der Waals surface area contributed by atoms with E-state index in [1.165, 1.54) is 0 Å². The lowest BCUT2D eigenvalue weighted by atomic mass is 10.2. The van der Waals surface area contributed by atoms with Crippen molar-refractivity contribution in [3.05, 3.63) is 119 Å². The Morgan fingerprint density at radius 3 is 2.32 bits per heavy atom. The number of nitrogens with one attached hydrogen (secondary N) is 1. The summed E-state index contributed by atoms with van der Waals surface area (Å²) in [6.45, 7) is 0.318. The van der Waals surface area contributed by atoms with Crippen LogP contribution in [0.1, 0.15) is 15.9 Å². The van der Waals surface area contributed by atoms with Gasteiger partial charge < -0.3 is 14.8 Å². The molecule has 0 fully saturated rings. The summed E-state index contributed by atoms with van der Waals surface area (Å²) in [6.07, 6.45) is 0. The molecule has 5 heteroatoms. The van der Waals surface area contributed by atoms with Crippen LogP contribution in [0.4, 0.5) is 5.69 Å². The van der Waals surface area contributed by atoms with E-state index in [2.05, 4.69) is 5.32 Å². The molecule has 0 bridgehead atoms.